The van der Waals surface area contributed by atoms with Crippen LogP contribution in [0.1, 0.15) is 33.1 Å². The summed E-state index contributed by atoms with van der Waals surface area (Å²) in [5.74, 6) is 1.97. The van der Waals surface area contributed by atoms with Crippen molar-refractivity contribution in [2.45, 2.75) is 33.1 Å². The van der Waals surface area contributed by atoms with Crippen molar-refractivity contribution in [3.63, 3.8) is 0 Å². The van der Waals surface area contributed by atoms with Gasteiger partial charge in [0.15, 0.2) is 0 Å². The first-order valence-corrected chi connectivity index (χ1v) is 4.67. The number of Topliss-reactive ketones (excluding diaryl/α,β-unsaturated/α-hetero) is 1. The van der Waals surface area contributed by atoms with Gasteiger partial charge in [-0.2, -0.15) is 0 Å². The SMILES string of the molecule is C#CCCOC(=O)C(C)CCC(C)=O. The number of esters is 1. The summed E-state index contributed by atoms with van der Waals surface area (Å²) in [5, 5.41) is 0. The number of ether oxygens (including phenoxy) is 1. The third-order valence-corrected chi connectivity index (χ3v) is 1.82. The first-order valence-electron chi connectivity index (χ1n) is 4.67. The lowest BCUT2D eigenvalue weighted by atomic mass is 10.0. The van der Waals surface area contributed by atoms with E-state index >= 15 is 0 Å². The molecule has 0 rings (SSSR count). The Bertz CT molecular complexity index is 237. The van der Waals surface area contributed by atoms with E-state index in [1.165, 1.54) is 6.92 Å². The van der Waals surface area contributed by atoms with Gasteiger partial charge in [-0.05, 0) is 13.3 Å². The summed E-state index contributed by atoms with van der Waals surface area (Å²) < 4.78 is 4.88. The molecular formula is C11H16O3. The maximum absolute atomic E-state index is 11.2. The Balaban J connectivity index is 3.66. The monoisotopic (exact) mass is 196 g/mol. The molecule has 0 bridgehead atoms. The van der Waals surface area contributed by atoms with Crippen molar-refractivity contribution in [2.24, 2.45) is 5.92 Å². The molecule has 0 aromatic rings. The molecule has 14 heavy (non-hydrogen) atoms. The van der Waals surface area contributed by atoms with Crippen LogP contribution in [0.25, 0.3) is 0 Å². The van der Waals surface area contributed by atoms with Gasteiger partial charge in [-0.15, -0.1) is 12.3 Å². The number of hydrogen-bond donors (Lipinski definition) is 0. The van der Waals surface area contributed by atoms with Crippen LogP contribution >= 0.6 is 0 Å². The lowest BCUT2D eigenvalue weighted by Gasteiger charge is -2.09. The van der Waals surface area contributed by atoms with E-state index in [1.54, 1.807) is 6.92 Å². The van der Waals surface area contributed by atoms with Crippen LogP contribution in [0.2, 0.25) is 0 Å². The maximum Gasteiger partial charge on any atom is 0.308 e. The van der Waals surface area contributed by atoms with Crippen molar-refractivity contribution < 1.29 is 14.3 Å². The van der Waals surface area contributed by atoms with E-state index in [0.29, 0.717) is 19.3 Å². The lowest BCUT2D eigenvalue weighted by molar-refractivity contribution is -0.148. The van der Waals surface area contributed by atoms with Crippen LogP contribution < -0.4 is 0 Å². The lowest BCUT2D eigenvalue weighted by Crippen LogP contribution is -2.16. The highest BCUT2D eigenvalue weighted by atomic mass is 16.5. The number of rotatable bonds is 6. The van der Waals surface area contributed by atoms with Crippen LogP contribution in [0.15, 0.2) is 0 Å². The van der Waals surface area contributed by atoms with Crippen molar-refractivity contribution in [1.82, 2.24) is 0 Å². The van der Waals surface area contributed by atoms with Crippen LogP contribution in [0, 0.1) is 18.3 Å². The Morgan fingerprint density at radius 1 is 1.50 bits per heavy atom. The topological polar surface area (TPSA) is 43.4 Å². The Morgan fingerprint density at radius 3 is 2.64 bits per heavy atom. The van der Waals surface area contributed by atoms with Crippen molar-refractivity contribution in [1.29, 1.82) is 0 Å². The van der Waals surface area contributed by atoms with Gasteiger partial charge in [0, 0.05) is 12.8 Å². The molecule has 1 unspecified atom stereocenters. The molecule has 0 heterocycles. The number of terminal acetylenes is 1. The molecule has 0 saturated carbocycles. The second-order valence-electron chi connectivity index (χ2n) is 3.26. The summed E-state index contributed by atoms with van der Waals surface area (Å²) in [5.41, 5.74) is 0. The molecule has 0 aromatic carbocycles. The first-order chi connectivity index (χ1) is 6.57. The van der Waals surface area contributed by atoms with Gasteiger partial charge in [0.25, 0.3) is 0 Å². The molecule has 0 aliphatic heterocycles. The van der Waals surface area contributed by atoms with E-state index in [0.717, 1.165) is 0 Å². The van der Waals surface area contributed by atoms with E-state index in [2.05, 4.69) is 5.92 Å². The van der Waals surface area contributed by atoms with Gasteiger partial charge in [0.05, 0.1) is 5.92 Å². The summed E-state index contributed by atoms with van der Waals surface area (Å²) in [7, 11) is 0. The van der Waals surface area contributed by atoms with Gasteiger partial charge < -0.3 is 9.53 Å². The molecule has 0 fully saturated rings. The van der Waals surface area contributed by atoms with Gasteiger partial charge in [-0.25, -0.2) is 0 Å². The standard InChI is InChI=1S/C11H16O3/c1-4-5-8-14-11(13)9(2)6-7-10(3)12/h1,9H,5-8H2,2-3H3. The van der Waals surface area contributed by atoms with Gasteiger partial charge in [0.1, 0.15) is 12.4 Å². The van der Waals surface area contributed by atoms with Crippen molar-refractivity contribution in [2.75, 3.05) is 6.61 Å². The zero-order valence-corrected chi connectivity index (χ0v) is 8.71. The zero-order valence-electron chi connectivity index (χ0n) is 8.71. The minimum atomic E-state index is -0.276. The molecule has 0 aliphatic carbocycles. The second kappa shape index (κ2) is 7.14. The average Bonchev–Trinajstić information content (AvgIpc) is 2.14. The predicted molar refractivity (Wildman–Crippen MR) is 53.5 cm³/mol. The smallest absolute Gasteiger partial charge is 0.308 e. The molecule has 0 amide bonds. The quantitative estimate of drug-likeness (QED) is 0.368. The van der Waals surface area contributed by atoms with Gasteiger partial charge in [-0.3, -0.25) is 4.79 Å². The van der Waals surface area contributed by atoms with Crippen LogP contribution in [-0.4, -0.2) is 18.4 Å². The van der Waals surface area contributed by atoms with Gasteiger partial charge in [0.2, 0.25) is 0 Å². The van der Waals surface area contributed by atoms with Gasteiger partial charge in [-0.1, -0.05) is 6.92 Å². The highest BCUT2D eigenvalue weighted by Crippen LogP contribution is 2.08. The van der Waals surface area contributed by atoms with Crippen LogP contribution in [0.4, 0.5) is 0 Å². The summed E-state index contributed by atoms with van der Waals surface area (Å²) in [4.78, 5) is 21.9. The van der Waals surface area contributed by atoms with Crippen molar-refractivity contribution in [3.8, 4) is 12.3 Å². The largest absolute Gasteiger partial charge is 0.464 e. The summed E-state index contributed by atoms with van der Waals surface area (Å²) in [6.07, 6.45) is 6.41. The number of ketones is 1. The third kappa shape index (κ3) is 6.24. The molecule has 3 heteroatoms. The van der Waals surface area contributed by atoms with Crippen LogP contribution in [-0.2, 0) is 14.3 Å². The average molecular weight is 196 g/mol. The van der Waals surface area contributed by atoms with Crippen LogP contribution in [0.5, 0.6) is 0 Å². The molecule has 0 N–H and O–H groups in total. The summed E-state index contributed by atoms with van der Waals surface area (Å²) in [6.45, 7) is 3.53. The molecule has 0 radical (unpaired) electrons. The first kappa shape index (κ1) is 12.7. The Morgan fingerprint density at radius 2 is 2.14 bits per heavy atom. The molecule has 1 atom stereocenters. The van der Waals surface area contributed by atoms with E-state index < -0.39 is 0 Å². The highest BCUT2D eigenvalue weighted by Gasteiger charge is 2.14. The minimum absolute atomic E-state index is 0.0910. The Labute approximate surface area is 84.8 Å². The molecule has 3 nitrogen and oxygen atoms in total. The fourth-order valence-electron chi connectivity index (χ4n) is 0.890. The van der Waals surface area contributed by atoms with E-state index in [-0.39, 0.29) is 24.3 Å². The highest BCUT2D eigenvalue weighted by molar-refractivity contribution is 5.77. The normalized spacial score (nSPS) is 11.5. The van der Waals surface area contributed by atoms with Crippen molar-refractivity contribution in [3.05, 3.63) is 0 Å². The molecule has 0 saturated heterocycles. The molecule has 0 aliphatic rings. The fourth-order valence-corrected chi connectivity index (χ4v) is 0.890. The summed E-state index contributed by atoms with van der Waals surface area (Å²) >= 11 is 0. The predicted octanol–water partition coefficient (Wildman–Crippen LogP) is 1.56. The van der Waals surface area contributed by atoms with E-state index in [4.69, 9.17) is 11.2 Å². The van der Waals surface area contributed by atoms with Gasteiger partial charge >= 0.3 is 5.97 Å². The maximum atomic E-state index is 11.2. The molecule has 78 valence electrons. The van der Waals surface area contributed by atoms with Crippen molar-refractivity contribution >= 4 is 11.8 Å². The van der Waals surface area contributed by atoms with E-state index in [1.807, 2.05) is 0 Å². The molecular weight excluding hydrogens is 180 g/mol. The van der Waals surface area contributed by atoms with Crippen LogP contribution in [0.3, 0.4) is 0 Å². The Kier molecular flexibility index (Phi) is 6.47. The molecule has 0 spiro atoms. The zero-order chi connectivity index (χ0) is 11.0. The fraction of sp³-hybridized carbons (Fsp3) is 0.636. The summed E-state index contributed by atoms with van der Waals surface area (Å²) in [6, 6.07) is 0. The minimum Gasteiger partial charge on any atom is -0.464 e. The molecule has 0 aromatic heterocycles. The third-order valence-electron chi connectivity index (χ3n) is 1.82. The number of carbonyl (C=O) groups is 2. The van der Waals surface area contributed by atoms with E-state index in [9.17, 15) is 9.59 Å². The second-order valence-corrected chi connectivity index (χ2v) is 3.26. The Hall–Kier alpha value is -1.30. The number of carbonyl (C=O) groups excluding carboxylic acids is 2. The number of hydrogen-bond acceptors (Lipinski definition) is 3.